The van der Waals surface area contributed by atoms with Crippen molar-refractivity contribution in [2.24, 2.45) is 7.05 Å². The predicted molar refractivity (Wildman–Crippen MR) is 125 cm³/mol. The van der Waals surface area contributed by atoms with Crippen LogP contribution in [0.2, 0.25) is 0 Å². The highest BCUT2D eigenvalue weighted by Crippen LogP contribution is 2.39. The highest BCUT2D eigenvalue weighted by molar-refractivity contribution is 6.11. The van der Waals surface area contributed by atoms with E-state index in [0.29, 0.717) is 17.1 Å². The van der Waals surface area contributed by atoms with E-state index in [0.717, 1.165) is 16.5 Å². The zero-order valence-corrected chi connectivity index (χ0v) is 18.1. The van der Waals surface area contributed by atoms with Gasteiger partial charge in [0.05, 0.1) is 34.6 Å². The molecule has 0 fully saturated rings. The molecule has 0 radical (unpaired) electrons. The lowest BCUT2D eigenvalue weighted by molar-refractivity contribution is 0.0819. The van der Waals surface area contributed by atoms with Gasteiger partial charge in [-0.25, -0.2) is 13.6 Å². The van der Waals surface area contributed by atoms with Gasteiger partial charge < -0.3 is 9.47 Å². The highest BCUT2D eigenvalue weighted by Gasteiger charge is 2.33. The molecule has 0 atom stereocenters. The second kappa shape index (κ2) is 8.66. The first-order valence-corrected chi connectivity index (χ1v) is 10.5. The molecule has 3 aromatic carbocycles. The van der Waals surface area contributed by atoms with Crippen molar-refractivity contribution in [2.45, 2.75) is 13.0 Å². The van der Waals surface area contributed by atoms with Gasteiger partial charge in [0.15, 0.2) is 0 Å². The van der Waals surface area contributed by atoms with Gasteiger partial charge in [-0.2, -0.15) is 5.10 Å². The van der Waals surface area contributed by atoms with Gasteiger partial charge in [0.2, 0.25) is 0 Å². The first kappa shape index (κ1) is 18.3. The van der Waals surface area contributed by atoms with E-state index in [9.17, 15) is 13.6 Å². The minimum Gasteiger partial charge on any atom is -0.497 e. The number of hydrogen-bond donors (Lipinski definition) is 0. The minimum atomic E-state index is -2.64. The number of nitrogens with zero attached hydrogens (tertiary/aromatic N) is 4. The molecule has 0 bridgehead atoms. The van der Waals surface area contributed by atoms with E-state index in [1.807, 2.05) is 31.4 Å². The van der Waals surface area contributed by atoms with Crippen molar-refractivity contribution in [3.05, 3.63) is 72.4 Å². The normalized spacial score (nSPS) is 15.2. The molecule has 34 heavy (non-hydrogen) atoms. The summed E-state index contributed by atoms with van der Waals surface area (Å²) in [7, 11) is -0.801. The lowest BCUT2D eigenvalue weighted by Crippen LogP contribution is -2.45. The molecule has 2 heterocycles. The molecule has 0 saturated heterocycles. The third-order valence-electron chi connectivity index (χ3n) is 5.55. The summed E-state index contributed by atoms with van der Waals surface area (Å²) < 4.78 is 59.1. The van der Waals surface area contributed by atoms with Crippen LogP contribution in [0.25, 0.3) is 10.9 Å². The third-order valence-corrected chi connectivity index (χ3v) is 5.55. The lowest BCUT2D eigenvalue weighted by atomic mass is 10.1. The summed E-state index contributed by atoms with van der Waals surface area (Å²) in [6, 6.07) is 16.0. The van der Waals surface area contributed by atoms with Crippen LogP contribution in [-0.2, 0) is 13.6 Å². The maximum absolute atomic E-state index is 13.9. The predicted octanol–water partition coefficient (Wildman–Crippen LogP) is 5.50. The summed E-state index contributed by atoms with van der Waals surface area (Å²) in [5.41, 5.74) is 3.11. The fourth-order valence-electron chi connectivity index (χ4n) is 4.02. The maximum atomic E-state index is 13.9. The number of anilines is 3. The Morgan fingerprint density at radius 1 is 1.06 bits per heavy atom. The number of halogens is 2. The van der Waals surface area contributed by atoms with E-state index in [-0.39, 0.29) is 24.1 Å². The number of ether oxygens (including phenoxy) is 2. The van der Waals surface area contributed by atoms with Crippen LogP contribution in [-0.4, -0.2) is 35.9 Å². The van der Waals surface area contributed by atoms with E-state index in [1.54, 1.807) is 39.9 Å². The Balaban J connectivity index is 1.56. The van der Waals surface area contributed by atoms with Crippen molar-refractivity contribution < 1.29 is 27.2 Å². The number of methoxy groups -OCH3 is 1. The smallest absolute Gasteiger partial charge is 0.333 e. The Kier molecular flexibility index (Phi) is 4.66. The summed E-state index contributed by atoms with van der Waals surface area (Å²) in [5.74, 6) is 0.311. The van der Waals surface area contributed by atoms with Crippen LogP contribution in [0, 0.1) is 0 Å². The summed E-state index contributed by atoms with van der Waals surface area (Å²) >= 11 is 0. The number of amides is 2. The van der Waals surface area contributed by atoms with E-state index in [2.05, 4.69) is 5.10 Å². The quantitative estimate of drug-likeness (QED) is 0.376. The summed E-state index contributed by atoms with van der Waals surface area (Å²) in [5, 5.41) is 5.24. The minimum absolute atomic E-state index is 0.112. The van der Waals surface area contributed by atoms with Crippen LogP contribution in [0.15, 0.2) is 66.9 Å². The molecule has 4 aromatic rings. The molecule has 1 aliphatic heterocycles. The van der Waals surface area contributed by atoms with Crippen molar-refractivity contribution in [2.75, 3.05) is 23.4 Å². The lowest BCUT2D eigenvalue weighted by Gasteiger charge is -2.37. The van der Waals surface area contributed by atoms with Crippen LogP contribution < -0.4 is 19.3 Å². The topological polar surface area (TPSA) is 59.8 Å². The molecule has 0 aliphatic carbocycles. The van der Waals surface area contributed by atoms with Gasteiger partial charge in [0.25, 0.3) is 6.43 Å². The van der Waals surface area contributed by atoms with Crippen molar-refractivity contribution in [1.29, 1.82) is 0 Å². The first-order chi connectivity index (χ1) is 17.6. The Labute approximate surface area is 198 Å². The SMILES string of the molecule is [2H]C([2H])([2H])Oc1ccc(N2C(=O)N(c3ccc4nn(C)cc4c3)Cc3ccc(OCC(F)F)cc32)cc1. The second-order valence-corrected chi connectivity index (χ2v) is 7.84. The number of aryl methyl sites for hydroxylation is 1. The molecule has 5 rings (SSSR count). The van der Waals surface area contributed by atoms with Crippen LogP contribution in [0.5, 0.6) is 11.5 Å². The molecular formula is C25H22F2N4O3. The molecule has 174 valence electrons. The van der Waals surface area contributed by atoms with Crippen molar-refractivity contribution in [3.63, 3.8) is 0 Å². The largest absolute Gasteiger partial charge is 0.497 e. The van der Waals surface area contributed by atoms with Crippen LogP contribution in [0.4, 0.5) is 30.6 Å². The van der Waals surface area contributed by atoms with Crippen molar-refractivity contribution >= 4 is 34.0 Å². The number of rotatable bonds is 6. The molecule has 1 aromatic heterocycles. The number of aromatic nitrogens is 2. The number of alkyl halides is 2. The number of hydrogen-bond acceptors (Lipinski definition) is 4. The maximum Gasteiger partial charge on any atom is 0.333 e. The number of benzene rings is 3. The Morgan fingerprint density at radius 2 is 1.82 bits per heavy atom. The monoisotopic (exact) mass is 467 g/mol. The Bertz CT molecular complexity index is 1460. The molecule has 0 unspecified atom stereocenters. The van der Waals surface area contributed by atoms with Gasteiger partial charge in [0.1, 0.15) is 18.1 Å². The van der Waals surface area contributed by atoms with Gasteiger partial charge in [-0.3, -0.25) is 14.5 Å². The van der Waals surface area contributed by atoms with Gasteiger partial charge in [-0.05, 0) is 54.1 Å². The molecule has 2 amide bonds. The summed E-state index contributed by atoms with van der Waals surface area (Å²) in [6.07, 6.45) is -0.785. The number of carbonyl (C=O) groups is 1. The Hall–Kier alpha value is -4.14. The van der Waals surface area contributed by atoms with Crippen LogP contribution >= 0.6 is 0 Å². The van der Waals surface area contributed by atoms with E-state index in [1.165, 1.54) is 17.0 Å². The number of fused-ring (bicyclic) bond motifs is 2. The molecule has 7 nitrogen and oxygen atoms in total. The average Bonchev–Trinajstić information content (AvgIpc) is 3.21. The van der Waals surface area contributed by atoms with Crippen molar-refractivity contribution in [3.8, 4) is 11.5 Å². The molecular weight excluding hydrogens is 442 g/mol. The molecule has 0 N–H and O–H groups in total. The first-order valence-electron chi connectivity index (χ1n) is 12.0. The zero-order chi connectivity index (χ0) is 26.3. The van der Waals surface area contributed by atoms with Gasteiger partial charge in [-0.15, -0.1) is 0 Å². The molecule has 0 saturated carbocycles. The standard InChI is InChI=1S/C25H22F2N4O3/c1-29-13-17-11-19(6-10-22(17)28-29)30-14-16-3-7-21(34-15-24(26)27)12-23(16)31(25(30)32)18-4-8-20(33-2)9-5-18/h3-13,24H,14-15H2,1-2H3/i2D3. The zero-order valence-electron chi connectivity index (χ0n) is 21.1. The average molecular weight is 467 g/mol. The fourth-order valence-corrected chi connectivity index (χ4v) is 4.02. The summed E-state index contributed by atoms with van der Waals surface area (Å²) in [4.78, 5) is 16.9. The fraction of sp³-hybridized carbons (Fsp3) is 0.200. The highest BCUT2D eigenvalue weighted by atomic mass is 19.3. The second-order valence-electron chi connectivity index (χ2n) is 7.84. The van der Waals surface area contributed by atoms with Gasteiger partial charge in [-0.1, -0.05) is 6.07 Å². The van der Waals surface area contributed by atoms with Crippen molar-refractivity contribution in [1.82, 2.24) is 9.78 Å². The van der Waals surface area contributed by atoms with Gasteiger partial charge >= 0.3 is 6.03 Å². The Morgan fingerprint density at radius 3 is 2.59 bits per heavy atom. The third kappa shape index (κ3) is 4.00. The molecule has 0 spiro atoms. The molecule has 1 aliphatic rings. The number of urea groups is 1. The van der Waals surface area contributed by atoms with Crippen LogP contribution in [0.1, 0.15) is 9.68 Å². The summed E-state index contributed by atoms with van der Waals surface area (Å²) in [6.45, 7) is -0.531. The number of carbonyl (C=O) groups excluding carboxylic acids is 1. The van der Waals surface area contributed by atoms with Gasteiger partial charge in [0, 0.05) is 30.4 Å². The van der Waals surface area contributed by atoms with E-state index in [4.69, 9.17) is 13.6 Å². The molecule has 9 heteroatoms. The van der Waals surface area contributed by atoms with E-state index < -0.39 is 20.1 Å². The van der Waals surface area contributed by atoms with E-state index >= 15 is 0 Å². The van der Waals surface area contributed by atoms with Crippen LogP contribution in [0.3, 0.4) is 0 Å².